The predicted octanol–water partition coefficient (Wildman–Crippen LogP) is 2.29. The van der Waals surface area contributed by atoms with Gasteiger partial charge in [-0.1, -0.05) is 12.1 Å². The predicted molar refractivity (Wildman–Crippen MR) is 82.9 cm³/mol. The van der Waals surface area contributed by atoms with Gasteiger partial charge in [0.1, 0.15) is 11.9 Å². The van der Waals surface area contributed by atoms with Crippen molar-refractivity contribution in [2.45, 2.75) is 6.10 Å². The number of aliphatic hydroxyl groups excluding tert-OH is 1. The molecule has 2 aromatic carbocycles. The smallest absolute Gasteiger partial charge is 0.342 e. The lowest BCUT2D eigenvalue weighted by molar-refractivity contribution is 0.215. The van der Waals surface area contributed by atoms with E-state index in [1.807, 2.05) is 0 Å². The van der Waals surface area contributed by atoms with Crippen LogP contribution in [0, 0.1) is 0 Å². The molecular weight excluding hydrogens is 300 g/mol. The van der Waals surface area contributed by atoms with Gasteiger partial charge in [-0.05, 0) is 35.9 Å². The molecule has 0 saturated carbocycles. The molecule has 1 aromatic heterocycles. The molecule has 0 bridgehead atoms. The molecule has 0 spiro atoms. The van der Waals surface area contributed by atoms with Gasteiger partial charge in [-0.2, -0.15) is 0 Å². The van der Waals surface area contributed by atoms with Crippen molar-refractivity contribution in [2.75, 3.05) is 7.11 Å². The SMILES string of the molecule is COc1ccc(C(O)c2cc3ccc(O)c(O)c3oc2=O)cc1. The average Bonchev–Trinajstić information content (AvgIpc) is 2.58. The number of ether oxygens (including phenoxy) is 1. The second-order valence-corrected chi connectivity index (χ2v) is 5.02. The third-order valence-corrected chi connectivity index (χ3v) is 3.61. The highest BCUT2D eigenvalue weighted by molar-refractivity contribution is 5.85. The van der Waals surface area contributed by atoms with Gasteiger partial charge in [0, 0.05) is 5.39 Å². The van der Waals surface area contributed by atoms with E-state index in [9.17, 15) is 20.1 Å². The fraction of sp³-hybridized carbons (Fsp3) is 0.118. The quantitative estimate of drug-likeness (QED) is 0.506. The molecule has 23 heavy (non-hydrogen) atoms. The fourth-order valence-corrected chi connectivity index (χ4v) is 2.33. The lowest BCUT2D eigenvalue weighted by Crippen LogP contribution is -2.13. The Labute approximate surface area is 130 Å². The van der Waals surface area contributed by atoms with Crippen LogP contribution in [0.5, 0.6) is 17.2 Å². The van der Waals surface area contributed by atoms with Gasteiger partial charge in [0.05, 0.1) is 12.7 Å². The molecule has 3 aromatic rings. The van der Waals surface area contributed by atoms with Crippen LogP contribution in [0.2, 0.25) is 0 Å². The molecule has 0 radical (unpaired) electrons. The van der Waals surface area contributed by atoms with E-state index in [4.69, 9.17) is 9.15 Å². The Bertz CT molecular complexity index is 911. The maximum atomic E-state index is 12.1. The molecule has 3 N–H and O–H groups in total. The fourth-order valence-electron chi connectivity index (χ4n) is 2.33. The van der Waals surface area contributed by atoms with Gasteiger partial charge in [-0.25, -0.2) is 4.79 Å². The van der Waals surface area contributed by atoms with Crippen LogP contribution < -0.4 is 10.4 Å². The largest absolute Gasteiger partial charge is 0.504 e. The maximum Gasteiger partial charge on any atom is 0.342 e. The standard InChI is InChI=1S/C17H14O6/c1-22-11-5-2-9(3-6-11)14(19)12-8-10-4-7-13(18)15(20)16(10)23-17(12)21/h2-8,14,18-20H,1H3. The van der Waals surface area contributed by atoms with E-state index >= 15 is 0 Å². The molecule has 0 aliphatic carbocycles. The highest BCUT2D eigenvalue weighted by atomic mass is 16.5. The lowest BCUT2D eigenvalue weighted by atomic mass is 10.0. The Morgan fingerprint density at radius 3 is 2.43 bits per heavy atom. The molecule has 0 aliphatic heterocycles. The molecule has 1 unspecified atom stereocenters. The summed E-state index contributed by atoms with van der Waals surface area (Å²) in [6.45, 7) is 0. The first kappa shape index (κ1) is 14.9. The van der Waals surface area contributed by atoms with Crippen LogP contribution in [0.15, 0.2) is 51.7 Å². The van der Waals surface area contributed by atoms with Crippen molar-refractivity contribution >= 4 is 11.0 Å². The molecule has 3 rings (SSSR count). The molecule has 6 heteroatoms. The third kappa shape index (κ3) is 2.60. The van der Waals surface area contributed by atoms with E-state index in [2.05, 4.69) is 0 Å². The molecule has 0 amide bonds. The van der Waals surface area contributed by atoms with Crippen LogP contribution in [0.3, 0.4) is 0 Å². The van der Waals surface area contributed by atoms with Crippen LogP contribution in [-0.2, 0) is 0 Å². The number of benzene rings is 2. The van der Waals surface area contributed by atoms with E-state index in [1.54, 1.807) is 24.3 Å². The zero-order chi connectivity index (χ0) is 16.6. The Hall–Kier alpha value is -2.99. The normalized spacial score (nSPS) is 12.3. The van der Waals surface area contributed by atoms with E-state index in [1.165, 1.54) is 25.3 Å². The van der Waals surface area contributed by atoms with Crippen LogP contribution in [-0.4, -0.2) is 22.4 Å². The van der Waals surface area contributed by atoms with Gasteiger partial charge >= 0.3 is 5.63 Å². The average molecular weight is 314 g/mol. The number of methoxy groups -OCH3 is 1. The second-order valence-electron chi connectivity index (χ2n) is 5.02. The van der Waals surface area contributed by atoms with Gasteiger partial charge in [0.2, 0.25) is 5.75 Å². The summed E-state index contributed by atoms with van der Waals surface area (Å²) in [6.07, 6.45) is -1.18. The van der Waals surface area contributed by atoms with Crippen molar-refractivity contribution < 1.29 is 24.5 Å². The van der Waals surface area contributed by atoms with Gasteiger partial charge in [0.25, 0.3) is 0 Å². The first-order valence-electron chi connectivity index (χ1n) is 6.82. The minimum Gasteiger partial charge on any atom is -0.504 e. The van der Waals surface area contributed by atoms with Gasteiger partial charge in [0.15, 0.2) is 11.3 Å². The van der Waals surface area contributed by atoms with Crippen LogP contribution in [0.4, 0.5) is 0 Å². The first-order valence-corrected chi connectivity index (χ1v) is 6.82. The molecule has 0 fully saturated rings. The molecule has 1 heterocycles. The van der Waals surface area contributed by atoms with E-state index < -0.39 is 17.5 Å². The molecule has 0 aliphatic rings. The number of rotatable bonds is 3. The maximum absolute atomic E-state index is 12.1. The van der Waals surface area contributed by atoms with E-state index in [0.29, 0.717) is 16.7 Å². The Balaban J connectivity index is 2.09. The van der Waals surface area contributed by atoms with Crippen molar-refractivity contribution in [3.8, 4) is 17.2 Å². The number of phenolic OH excluding ortho intramolecular Hbond substituents is 2. The van der Waals surface area contributed by atoms with E-state index in [-0.39, 0.29) is 16.9 Å². The zero-order valence-electron chi connectivity index (χ0n) is 12.2. The van der Waals surface area contributed by atoms with Crippen molar-refractivity contribution in [2.24, 2.45) is 0 Å². The summed E-state index contributed by atoms with van der Waals surface area (Å²) in [7, 11) is 1.53. The summed E-state index contributed by atoms with van der Waals surface area (Å²) in [4.78, 5) is 12.1. The minimum atomic E-state index is -1.18. The summed E-state index contributed by atoms with van der Waals surface area (Å²) in [5, 5.41) is 30.0. The van der Waals surface area contributed by atoms with Crippen molar-refractivity contribution in [3.63, 3.8) is 0 Å². The van der Waals surface area contributed by atoms with Crippen molar-refractivity contribution in [1.29, 1.82) is 0 Å². The number of phenols is 2. The number of aromatic hydroxyl groups is 2. The Morgan fingerprint density at radius 2 is 1.78 bits per heavy atom. The highest BCUT2D eigenvalue weighted by Crippen LogP contribution is 2.34. The topological polar surface area (TPSA) is 100 Å². The monoisotopic (exact) mass is 314 g/mol. The molecular formula is C17H14O6. The minimum absolute atomic E-state index is 0.0350. The van der Waals surface area contributed by atoms with E-state index in [0.717, 1.165) is 0 Å². The molecule has 118 valence electrons. The van der Waals surface area contributed by atoms with Crippen molar-refractivity contribution in [3.05, 3.63) is 64.0 Å². The summed E-state index contributed by atoms with van der Waals surface area (Å²) >= 11 is 0. The van der Waals surface area contributed by atoms with Crippen molar-refractivity contribution in [1.82, 2.24) is 0 Å². The van der Waals surface area contributed by atoms with Crippen LogP contribution >= 0.6 is 0 Å². The summed E-state index contributed by atoms with van der Waals surface area (Å²) in [5.41, 5.74) is -0.379. The zero-order valence-corrected chi connectivity index (χ0v) is 12.2. The third-order valence-electron chi connectivity index (χ3n) is 3.61. The van der Waals surface area contributed by atoms with Gasteiger partial charge in [-0.15, -0.1) is 0 Å². The van der Waals surface area contributed by atoms with Gasteiger partial charge < -0.3 is 24.5 Å². The van der Waals surface area contributed by atoms with Crippen LogP contribution in [0.1, 0.15) is 17.2 Å². The molecule has 6 nitrogen and oxygen atoms in total. The lowest BCUT2D eigenvalue weighted by Gasteiger charge is -2.12. The number of hydrogen-bond acceptors (Lipinski definition) is 6. The summed E-state index contributed by atoms with van der Waals surface area (Å²) in [6, 6.07) is 10.8. The summed E-state index contributed by atoms with van der Waals surface area (Å²) in [5.74, 6) is -0.263. The Kier molecular flexibility index (Phi) is 3.67. The second kappa shape index (κ2) is 5.66. The highest BCUT2D eigenvalue weighted by Gasteiger charge is 2.18. The molecule has 1 atom stereocenters. The number of hydrogen-bond donors (Lipinski definition) is 3. The number of fused-ring (bicyclic) bond motifs is 1. The Morgan fingerprint density at radius 1 is 1.09 bits per heavy atom. The van der Waals surface area contributed by atoms with Crippen LogP contribution in [0.25, 0.3) is 11.0 Å². The van der Waals surface area contributed by atoms with Gasteiger partial charge in [-0.3, -0.25) is 0 Å². The first-order chi connectivity index (χ1) is 11.0. The summed E-state index contributed by atoms with van der Waals surface area (Å²) < 4.78 is 10.1. The number of aliphatic hydroxyl groups is 1. The molecule has 0 saturated heterocycles.